The van der Waals surface area contributed by atoms with Crippen molar-refractivity contribution in [2.24, 2.45) is 5.92 Å². The molecule has 1 aromatic rings. The first-order chi connectivity index (χ1) is 9.61. The SMILES string of the molecule is C[C@H](CCO)CNC(=O)N[C@@H]1C[C@H]1c1ccccc1Br. The zero-order valence-electron chi connectivity index (χ0n) is 11.6. The number of aliphatic hydroxyl groups is 1. The van der Waals surface area contributed by atoms with E-state index >= 15 is 0 Å². The van der Waals surface area contributed by atoms with Crippen molar-refractivity contribution in [3.05, 3.63) is 34.3 Å². The Morgan fingerprint density at radius 2 is 2.25 bits per heavy atom. The summed E-state index contributed by atoms with van der Waals surface area (Å²) < 4.78 is 1.10. The molecule has 3 atom stereocenters. The number of carbonyl (C=O) groups excluding carboxylic acids is 1. The Hall–Kier alpha value is -1.07. The highest BCUT2D eigenvalue weighted by atomic mass is 79.9. The van der Waals surface area contributed by atoms with Crippen molar-refractivity contribution < 1.29 is 9.90 Å². The summed E-state index contributed by atoms with van der Waals surface area (Å²) >= 11 is 3.55. The summed E-state index contributed by atoms with van der Waals surface area (Å²) in [6.07, 6.45) is 1.70. The Morgan fingerprint density at radius 1 is 1.50 bits per heavy atom. The molecule has 0 aromatic heterocycles. The van der Waals surface area contributed by atoms with Gasteiger partial charge in [-0.2, -0.15) is 0 Å². The molecule has 1 saturated carbocycles. The Morgan fingerprint density at radius 3 is 2.95 bits per heavy atom. The fourth-order valence-corrected chi connectivity index (χ4v) is 2.86. The van der Waals surface area contributed by atoms with Crippen LogP contribution in [0.2, 0.25) is 0 Å². The highest BCUT2D eigenvalue weighted by Crippen LogP contribution is 2.43. The van der Waals surface area contributed by atoms with Gasteiger partial charge in [-0.1, -0.05) is 41.1 Å². The van der Waals surface area contributed by atoms with Crippen LogP contribution in [-0.4, -0.2) is 30.3 Å². The molecule has 20 heavy (non-hydrogen) atoms. The molecule has 3 N–H and O–H groups in total. The van der Waals surface area contributed by atoms with Crippen LogP contribution in [0.4, 0.5) is 4.79 Å². The molecule has 0 unspecified atom stereocenters. The van der Waals surface area contributed by atoms with Crippen LogP contribution in [0, 0.1) is 5.92 Å². The van der Waals surface area contributed by atoms with E-state index in [0.717, 1.165) is 10.9 Å². The molecule has 1 fully saturated rings. The summed E-state index contributed by atoms with van der Waals surface area (Å²) in [5.41, 5.74) is 1.26. The van der Waals surface area contributed by atoms with E-state index < -0.39 is 0 Å². The van der Waals surface area contributed by atoms with Gasteiger partial charge in [-0.15, -0.1) is 0 Å². The number of hydrogen-bond donors (Lipinski definition) is 3. The third-order valence-electron chi connectivity index (χ3n) is 3.64. The van der Waals surface area contributed by atoms with Crippen LogP contribution < -0.4 is 10.6 Å². The van der Waals surface area contributed by atoms with Gasteiger partial charge in [-0.3, -0.25) is 0 Å². The molecule has 1 aliphatic rings. The molecule has 5 heteroatoms. The quantitative estimate of drug-likeness (QED) is 0.745. The van der Waals surface area contributed by atoms with E-state index in [1.165, 1.54) is 5.56 Å². The van der Waals surface area contributed by atoms with Crippen molar-refractivity contribution in [3.63, 3.8) is 0 Å². The Balaban J connectivity index is 1.74. The number of halogens is 1. The van der Waals surface area contributed by atoms with Gasteiger partial charge in [0.2, 0.25) is 0 Å². The summed E-state index contributed by atoms with van der Waals surface area (Å²) in [6.45, 7) is 2.77. The smallest absolute Gasteiger partial charge is 0.315 e. The van der Waals surface area contributed by atoms with E-state index in [1.807, 2.05) is 25.1 Å². The number of benzene rings is 1. The number of rotatable bonds is 6. The molecule has 0 saturated heterocycles. The van der Waals surface area contributed by atoms with Gasteiger partial charge in [0.15, 0.2) is 0 Å². The minimum Gasteiger partial charge on any atom is -0.396 e. The zero-order valence-corrected chi connectivity index (χ0v) is 13.2. The lowest BCUT2D eigenvalue weighted by molar-refractivity contribution is 0.233. The number of amides is 2. The van der Waals surface area contributed by atoms with Gasteiger partial charge in [0.05, 0.1) is 0 Å². The van der Waals surface area contributed by atoms with Gasteiger partial charge in [0.1, 0.15) is 0 Å². The molecular formula is C15H21BrN2O2. The minimum absolute atomic E-state index is 0.116. The van der Waals surface area contributed by atoms with Crippen molar-refractivity contribution in [1.82, 2.24) is 10.6 Å². The first kappa shape index (κ1) is 15.3. The first-order valence-electron chi connectivity index (χ1n) is 7.01. The van der Waals surface area contributed by atoms with E-state index in [-0.39, 0.29) is 18.7 Å². The van der Waals surface area contributed by atoms with Crippen molar-refractivity contribution in [3.8, 4) is 0 Å². The van der Waals surface area contributed by atoms with Crippen molar-refractivity contribution in [2.75, 3.05) is 13.2 Å². The van der Waals surface area contributed by atoms with Crippen molar-refractivity contribution in [2.45, 2.75) is 31.7 Å². The first-order valence-corrected chi connectivity index (χ1v) is 7.80. The van der Waals surface area contributed by atoms with Crippen molar-refractivity contribution in [1.29, 1.82) is 0 Å². The standard InChI is InChI=1S/C15H21BrN2O2/c1-10(6-7-19)9-17-15(20)18-14-8-12(14)11-4-2-3-5-13(11)16/h2-5,10,12,14,19H,6-9H2,1H3,(H2,17,18,20)/t10-,12+,14-/m1/s1. The predicted octanol–water partition coefficient (Wildman–Crippen LogP) is 2.62. The topological polar surface area (TPSA) is 61.4 Å². The fraction of sp³-hybridized carbons (Fsp3) is 0.533. The maximum Gasteiger partial charge on any atom is 0.315 e. The number of aliphatic hydroxyl groups excluding tert-OH is 1. The van der Waals surface area contributed by atoms with Gasteiger partial charge in [-0.25, -0.2) is 4.79 Å². The summed E-state index contributed by atoms with van der Waals surface area (Å²) in [7, 11) is 0. The maximum absolute atomic E-state index is 11.8. The second-order valence-corrected chi connectivity index (χ2v) is 6.30. The second-order valence-electron chi connectivity index (χ2n) is 5.44. The molecule has 1 aromatic carbocycles. The molecule has 110 valence electrons. The Labute approximate surface area is 128 Å². The van der Waals surface area contributed by atoms with E-state index in [0.29, 0.717) is 24.8 Å². The molecule has 0 heterocycles. The number of hydrogen-bond acceptors (Lipinski definition) is 2. The zero-order chi connectivity index (χ0) is 14.5. The van der Waals surface area contributed by atoms with E-state index in [4.69, 9.17) is 5.11 Å². The van der Waals surface area contributed by atoms with Gasteiger partial charge in [0.25, 0.3) is 0 Å². The monoisotopic (exact) mass is 340 g/mol. The molecule has 0 bridgehead atoms. The molecule has 0 radical (unpaired) electrons. The van der Waals surface area contributed by atoms with Crippen LogP contribution >= 0.6 is 15.9 Å². The predicted molar refractivity (Wildman–Crippen MR) is 82.7 cm³/mol. The summed E-state index contributed by atoms with van der Waals surface area (Å²) in [5, 5.41) is 14.7. The average Bonchev–Trinajstić information content (AvgIpc) is 3.16. The van der Waals surface area contributed by atoms with Crippen LogP contribution in [0.15, 0.2) is 28.7 Å². The van der Waals surface area contributed by atoms with Crippen LogP contribution in [-0.2, 0) is 0 Å². The summed E-state index contributed by atoms with van der Waals surface area (Å²) in [4.78, 5) is 11.8. The third kappa shape index (κ3) is 4.21. The largest absolute Gasteiger partial charge is 0.396 e. The lowest BCUT2D eigenvalue weighted by Crippen LogP contribution is -2.39. The summed E-state index contributed by atoms with van der Waals surface area (Å²) in [5.74, 6) is 0.704. The maximum atomic E-state index is 11.8. The average molecular weight is 341 g/mol. The van der Waals surface area contributed by atoms with E-state index in [1.54, 1.807) is 0 Å². The Bertz CT molecular complexity index is 467. The molecule has 0 aliphatic heterocycles. The third-order valence-corrected chi connectivity index (χ3v) is 4.37. The molecule has 4 nitrogen and oxygen atoms in total. The summed E-state index contributed by atoms with van der Waals surface area (Å²) in [6, 6.07) is 8.25. The lowest BCUT2D eigenvalue weighted by Gasteiger charge is -2.12. The molecular weight excluding hydrogens is 320 g/mol. The van der Waals surface area contributed by atoms with Gasteiger partial charge in [0, 0.05) is 29.6 Å². The van der Waals surface area contributed by atoms with Crippen molar-refractivity contribution >= 4 is 22.0 Å². The number of nitrogens with one attached hydrogen (secondary N) is 2. The van der Waals surface area contributed by atoms with Crippen LogP contribution in [0.3, 0.4) is 0 Å². The number of carbonyl (C=O) groups is 1. The molecule has 1 aliphatic carbocycles. The van der Waals surface area contributed by atoms with Crippen LogP contribution in [0.25, 0.3) is 0 Å². The van der Waals surface area contributed by atoms with E-state index in [9.17, 15) is 4.79 Å². The second kappa shape index (κ2) is 7.09. The van der Waals surface area contributed by atoms with Gasteiger partial charge < -0.3 is 15.7 Å². The van der Waals surface area contributed by atoms with Crippen LogP contribution in [0.1, 0.15) is 31.2 Å². The highest BCUT2D eigenvalue weighted by Gasteiger charge is 2.40. The molecule has 2 amide bonds. The fourth-order valence-electron chi connectivity index (χ4n) is 2.28. The Kier molecular flexibility index (Phi) is 5.43. The normalized spacial score (nSPS) is 22.1. The number of urea groups is 1. The molecule has 2 rings (SSSR count). The lowest BCUT2D eigenvalue weighted by atomic mass is 10.1. The van der Waals surface area contributed by atoms with Gasteiger partial charge >= 0.3 is 6.03 Å². The van der Waals surface area contributed by atoms with E-state index in [2.05, 4.69) is 32.6 Å². The highest BCUT2D eigenvalue weighted by molar-refractivity contribution is 9.10. The van der Waals surface area contributed by atoms with Crippen LogP contribution in [0.5, 0.6) is 0 Å². The molecule has 0 spiro atoms. The van der Waals surface area contributed by atoms with Gasteiger partial charge in [-0.05, 0) is 30.4 Å². The minimum atomic E-state index is -0.116.